The van der Waals surface area contributed by atoms with Crippen molar-refractivity contribution in [2.24, 2.45) is 11.8 Å². The molecule has 1 amide bonds. The summed E-state index contributed by atoms with van der Waals surface area (Å²) in [6.07, 6.45) is 0. The van der Waals surface area contributed by atoms with Gasteiger partial charge in [0.2, 0.25) is 5.91 Å². The maximum atomic E-state index is 11.5. The Hall–Kier alpha value is -1.90. The van der Waals surface area contributed by atoms with E-state index >= 15 is 0 Å². The van der Waals surface area contributed by atoms with Gasteiger partial charge in [0.25, 0.3) is 0 Å². The third-order valence-corrected chi connectivity index (χ3v) is 3.46. The van der Waals surface area contributed by atoms with Crippen molar-refractivity contribution in [3.8, 4) is 6.07 Å². The maximum Gasteiger partial charge on any atom is 0.238 e. The number of hydrogen-bond acceptors (Lipinski definition) is 4. The molecule has 0 bridgehead atoms. The molecule has 5 heteroatoms. The Bertz CT molecular complexity index is 481. The highest BCUT2D eigenvalue weighted by atomic mass is 16.2. The summed E-state index contributed by atoms with van der Waals surface area (Å²) in [7, 11) is 1.95. The molecule has 1 rings (SSSR count). The van der Waals surface area contributed by atoms with E-state index in [1.54, 1.807) is 6.07 Å². The molecule has 19 heavy (non-hydrogen) atoms. The zero-order chi connectivity index (χ0) is 14.4. The summed E-state index contributed by atoms with van der Waals surface area (Å²) >= 11 is 0. The molecule has 0 aliphatic carbocycles. The fraction of sp³-hybridized carbons (Fsp3) is 0.429. The van der Waals surface area contributed by atoms with Crippen LogP contribution in [-0.2, 0) is 11.3 Å². The lowest BCUT2D eigenvalue weighted by Crippen LogP contribution is -2.44. The van der Waals surface area contributed by atoms with E-state index < -0.39 is 0 Å². The van der Waals surface area contributed by atoms with Gasteiger partial charge in [-0.05, 0) is 31.7 Å². The van der Waals surface area contributed by atoms with Crippen molar-refractivity contribution in [3.63, 3.8) is 0 Å². The molecule has 2 atom stereocenters. The summed E-state index contributed by atoms with van der Waals surface area (Å²) in [5, 5.41) is 8.87. The van der Waals surface area contributed by atoms with Gasteiger partial charge >= 0.3 is 0 Å². The fourth-order valence-electron chi connectivity index (χ4n) is 1.90. The summed E-state index contributed by atoms with van der Waals surface area (Å²) in [5.74, 6) is 4.77. The number of nitrogens with one attached hydrogen (secondary N) is 1. The largest absolute Gasteiger partial charge is 0.299 e. The summed E-state index contributed by atoms with van der Waals surface area (Å²) < 4.78 is 0. The van der Waals surface area contributed by atoms with Crippen molar-refractivity contribution >= 4 is 5.91 Å². The molecule has 5 nitrogen and oxygen atoms in total. The van der Waals surface area contributed by atoms with Crippen molar-refractivity contribution in [3.05, 3.63) is 35.4 Å². The van der Waals surface area contributed by atoms with Crippen LogP contribution in [0, 0.1) is 17.2 Å². The SMILES string of the molecule is CC(C(=O)NN)C(C)N(C)Cc1cccc(C#N)c1. The number of benzene rings is 1. The first kappa shape index (κ1) is 15.2. The Morgan fingerprint density at radius 1 is 1.53 bits per heavy atom. The van der Waals surface area contributed by atoms with Crippen molar-refractivity contribution in [1.82, 2.24) is 10.3 Å². The Balaban J connectivity index is 2.71. The van der Waals surface area contributed by atoms with Gasteiger partial charge in [-0.1, -0.05) is 19.1 Å². The van der Waals surface area contributed by atoms with E-state index in [9.17, 15) is 4.79 Å². The van der Waals surface area contributed by atoms with Gasteiger partial charge in [-0.2, -0.15) is 5.26 Å². The number of nitrogens with zero attached hydrogens (tertiary/aromatic N) is 2. The second kappa shape index (κ2) is 6.88. The lowest BCUT2D eigenvalue weighted by molar-refractivity contribution is -0.126. The summed E-state index contributed by atoms with van der Waals surface area (Å²) in [4.78, 5) is 13.6. The van der Waals surface area contributed by atoms with Gasteiger partial charge in [0.15, 0.2) is 0 Å². The number of carbonyl (C=O) groups is 1. The number of rotatable bonds is 5. The van der Waals surface area contributed by atoms with Crippen LogP contribution in [0.25, 0.3) is 0 Å². The quantitative estimate of drug-likeness (QED) is 0.470. The van der Waals surface area contributed by atoms with Gasteiger partial charge in [0, 0.05) is 12.6 Å². The normalized spacial score (nSPS) is 13.7. The van der Waals surface area contributed by atoms with E-state index in [0.29, 0.717) is 12.1 Å². The van der Waals surface area contributed by atoms with E-state index in [-0.39, 0.29) is 17.9 Å². The van der Waals surface area contributed by atoms with Gasteiger partial charge < -0.3 is 0 Å². The average Bonchev–Trinajstić information content (AvgIpc) is 2.44. The molecule has 102 valence electrons. The van der Waals surface area contributed by atoms with Gasteiger partial charge in [-0.3, -0.25) is 15.1 Å². The number of carbonyl (C=O) groups excluding carboxylic acids is 1. The van der Waals surface area contributed by atoms with Crippen LogP contribution in [-0.4, -0.2) is 23.9 Å². The first-order chi connectivity index (χ1) is 8.99. The number of nitrogens with two attached hydrogens (primary N) is 1. The molecule has 0 saturated carbocycles. The topological polar surface area (TPSA) is 82.2 Å². The Morgan fingerprint density at radius 2 is 2.21 bits per heavy atom. The fourth-order valence-corrected chi connectivity index (χ4v) is 1.90. The van der Waals surface area contributed by atoms with Gasteiger partial charge in [-0.25, -0.2) is 5.84 Å². The first-order valence-corrected chi connectivity index (χ1v) is 6.19. The minimum absolute atomic E-state index is 0.0503. The van der Waals surface area contributed by atoms with Crippen molar-refractivity contribution < 1.29 is 4.79 Å². The summed E-state index contributed by atoms with van der Waals surface area (Å²) in [6, 6.07) is 9.64. The number of nitriles is 1. The van der Waals surface area contributed by atoms with Crippen LogP contribution < -0.4 is 11.3 Å². The van der Waals surface area contributed by atoms with Crippen LogP contribution in [0.1, 0.15) is 25.0 Å². The minimum atomic E-state index is -0.200. The molecule has 0 aliphatic rings. The van der Waals surface area contributed by atoms with Crippen molar-refractivity contribution in [2.45, 2.75) is 26.4 Å². The Kier molecular flexibility index (Phi) is 5.49. The van der Waals surface area contributed by atoms with Gasteiger partial charge in [0.1, 0.15) is 0 Å². The predicted molar refractivity (Wildman–Crippen MR) is 73.6 cm³/mol. The highest BCUT2D eigenvalue weighted by Crippen LogP contribution is 2.14. The highest BCUT2D eigenvalue weighted by molar-refractivity contribution is 5.78. The van der Waals surface area contributed by atoms with Crippen LogP contribution in [0.4, 0.5) is 0 Å². The van der Waals surface area contributed by atoms with Crippen LogP contribution in [0.15, 0.2) is 24.3 Å². The molecular formula is C14H20N4O. The van der Waals surface area contributed by atoms with Crippen LogP contribution >= 0.6 is 0 Å². The van der Waals surface area contributed by atoms with E-state index in [2.05, 4.69) is 16.4 Å². The van der Waals surface area contributed by atoms with E-state index in [4.69, 9.17) is 11.1 Å². The second-order valence-electron chi connectivity index (χ2n) is 4.77. The molecule has 1 aromatic rings. The molecule has 0 saturated heterocycles. The first-order valence-electron chi connectivity index (χ1n) is 6.19. The molecule has 1 aromatic carbocycles. The Labute approximate surface area is 114 Å². The maximum absolute atomic E-state index is 11.5. The third-order valence-electron chi connectivity index (χ3n) is 3.46. The van der Waals surface area contributed by atoms with Crippen molar-refractivity contribution in [2.75, 3.05) is 7.05 Å². The monoisotopic (exact) mass is 260 g/mol. The molecule has 0 aromatic heterocycles. The van der Waals surface area contributed by atoms with Crippen molar-refractivity contribution in [1.29, 1.82) is 5.26 Å². The lowest BCUT2D eigenvalue weighted by Gasteiger charge is -2.28. The number of hydrogen-bond donors (Lipinski definition) is 2. The molecule has 0 fully saturated rings. The van der Waals surface area contributed by atoms with Gasteiger partial charge in [-0.15, -0.1) is 0 Å². The highest BCUT2D eigenvalue weighted by Gasteiger charge is 2.22. The van der Waals surface area contributed by atoms with Gasteiger partial charge in [0.05, 0.1) is 17.6 Å². The van der Waals surface area contributed by atoms with E-state index in [1.165, 1.54) is 0 Å². The summed E-state index contributed by atoms with van der Waals surface area (Å²) in [6.45, 7) is 4.50. The number of hydrazine groups is 1. The van der Waals surface area contributed by atoms with E-state index in [0.717, 1.165) is 5.56 Å². The molecule has 3 N–H and O–H groups in total. The third kappa shape index (κ3) is 4.05. The predicted octanol–water partition coefficient (Wildman–Crippen LogP) is 1.00. The smallest absolute Gasteiger partial charge is 0.238 e. The minimum Gasteiger partial charge on any atom is -0.299 e. The van der Waals surface area contributed by atoms with Crippen LogP contribution in [0.2, 0.25) is 0 Å². The second-order valence-corrected chi connectivity index (χ2v) is 4.77. The lowest BCUT2D eigenvalue weighted by atomic mass is 10.0. The van der Waals surface area contributed by atoms with Crippen LogP contribution in [0.5, 0.6) is 0 Å². The van der Waals surface area contributed by atoms with Crippen LogP contribution in [0.3, 0.4) is 0 Å². The standard InChI is InChI=1S/C14H20N4O/c1-10(14(19)17-16)11(2)18(3)9-13-6-4-5-12(7-13)8-15/h4-7,10-11H,9,16H2,1-3H3,(H,17,19). The average molecular weight is 260 g/mol. The zero-order valence-electron chi connectivity index (χ0n) is 11.6. The Morgan fingerprint density at radius 3 is 2.79 bits per heavy atom. The molecule has 0 spiro atoms. The molecule has 0 radical (unpaired) electrons. The molecule has 2 unspecified atom stereocenters. The molecular weight excluding hydrogens is 240 g/mol. The molecule has 0 aliphatic heterocycles. The zero-order valence-corrected chi connectivity index (χ0v) is 11.6. The molecule has 0 heterocycles. The summed E-state index contributed by atoms with van der Waals surface area (Å²) in [5.41, 5.74) is 3.87. The number of amides is 1. The van der Waals surface area contributed by atoms with E-state index in [1.807, 2.05) is 39.1 Å².